The van der Waals surface area contributed by atoms with Crippen LogP contribution in [0.25, 0.3) is 0 Å². The normalized spacial score (nSPS) is 9.93. The molecule has 2 N–H and O–H groups in total. The van der Waals surface area contributed by atoms with Crippen molar-refractivity contribution < 1.29 is 14.6 Å². The Morgan fingerprint density at radius 3 is 2.33 bits per heavy atom. The number of hydrogen-bond donors (Lipinski definition) is 2. The summed E-state index contributed by atoms with van der Waals surface area (Å²) < 4.78 is 10.5. The van der Waals surface area contributed by atoms with Crippen LogP contribution < -0.4 is 14.8 Å². The summed E-state index contributed by atoms with van der Waals surface area (Å²) in [7, 11) is 3.23. The molecule has 0 bridgehead atoms. The van der Waals surface area contributed by atoms with Gasteiger partial charge in [0, 0.05) is 6.07 Å². The maximum absolute atomic E-state index is 8.86. The van der Waals surface area contributed by atoms with E-state index in [4.69, 9.17) is 14.6 Å². The van der Waals surface area contributed by atoms with Crippen molar-refractivity contribution in [1.29, 1.82) is 0 Å². The Labute approximate surface area is 89.8 Å². The number of benzene rings is 1. The summed E-state index contributed by atoms with van der Waals surface area (Å²) in [5.74, 6) is 1.52. The predicted octanol–water partition coefficient (Wildman–Crippen LogP) is 1.68. The van der Waals surface area contributed by atoms with E-state index in [1.165, 1.54) is 0 Å². The average Bonchev–Trinajstić information content (AvgIpc) is 2.24. The predicted molar refractivity (Wildman–Crippen MR) is 59.7 cm³/mol. The lowest BCUT2D eigenvalue weighted by molar-refractivity contribution is 0.324. The van der Waals surface area contributed by atoms with Crippen LogP contribution in [0.2, 0.25) is 0 Å². The number of nitrogens with one attached hydrogen (secondary N) is 1. The third-order valence-electron chi connectivity index (χ3n) is 2.49. The third-order valence-corrected chi connectivity index (χ3v) is 2.49. The number of aliphatic hydroxyl groups is 1. The minimum atomic E-state index is -0.137. The largest absolute Gasteiger partial charge is 0.496 e. The average molecular weight is 211 g/mol. The lowest BCUT2D eigenvalue weighted by Gasteiger charge is -2.16. The van der Waals surface area contributed by atoms with Gasteiger partial charge in [-0.3, -0.25) is 0 Å². The van der Waals surface area contributed by atoms with E-state index in [-0.39, 0.29) is 6.73 Å². The van der Waals surface area contributed by atoms with E-state index < -0.39 is 0 Å². The van der Waals surface area contributed by atoms with Crippen molar-refractivity contribution >= 4 is 5.69 Å². The van der Waals surface area contributed by atoms with Crippen LogP contribution in [0.5, 0.6) is 11.5 Å². The van der Waals surface area contributed by atoms with Crippen LogP contribution in [-0.4, -0.2) is 26.1 Å². The molecule has 0 aliphatic rings. The molecular weight excluding hydrogens is 194 g/mol. The first-order valence-corrected chi connectivity index (χ1v) is 4.72. The van der Waals surface area contributed by atoms with Gasteiger partial charge in [0.15, 0.2) is 0 Å². The highest BCUT2D eigenvalue weighted by Gasteiger charge is 2.12. The van der Waals surface area contributed by atoms with Crippen LogP contribution in [0.3, 0.4) is 0 Å². The van der Waals surface area contributed by atoms with Crippen molar-refractivity contribution in [2.75, 3.05) is 26.3 Å². The van der Waals surface area contributed by atoms with Gasteiger partial charge in [0.05, 0.1) is 19.9 Å². The lowest BCUT2D eigenvalue weighted by Crippen LogP contribution is -2.04. The fourth-order valence-corrected chi connectivity index (χ4v) is 1.55. The second-order valence-corrected chi connectivity index (χ2v) is 3.24. The molecule has 0 amide bonds. The van der Waals surface area contributed by atoms with E-state index in [2.05, 4.69) is 5.32 Å². The number of hydrogen-bond acceptors (Lipinski definition) is 4. The van der Waals surface area contributed by atoms with Gasteiger partial charge in [0.2, 0.25) is 0 Å². The van der Waals surface area contributed by atoms with E-state index in [1.807, 2.05) is 19.9 Å². The molecule has 1 aromatic carbocycles. The van der Waals surface area contributed by atoms with Gasteiger partial charge in [-0.25, -0.2) is 0 Å². The fraction of sp³-hybridized carbons (Fsp3) is 0.455. The fourth-order valence-electron chi connectivity index (χ4n) is 1.55. The molecular formula is C11H17NO3. The summed E-state index contributed by atoms with van der Waals surface area (Å²) in [6.45, 7) is 3.79. The van der Waals surface area contributed by atoms with Gasteiger partial charge in [-0.1, -0.05) is 0 Å². The number of ether oxygens (including phenoxy) is 2. The lowest BCUT2D eigenvalue weighted by atomic mass is 10.1. The van der Waals surface area contributed by atoms with Crippen molar-refractivity contribution in [3.63, 3.8) is 0 Å². The quantitative estimate of drug-likeness (QED) is 0.744. The zero-order valence-corrected chi connectivity index (χ0v) is 9.55. The molecule has 0 atom stereocenters. The Kier molecular flexibility index (Phi) is 3.80. The molecule has 0 spiro atoms. The van der Waals surface area contributed by atoms with Crippen LogP contribution in [-0.2, 0) is 0 Å². The number of anilines is 1. The molecule has 84 valence electrons. The van der Waals surface area contributed by atoms with Crippen LogP contribution in [0.4, 0.5) is 5.69 Å². The number of aliphatic hydroxyl groups excluding tert-OH is 1. The van der Waals surface area contributed by atoms with Gasteiger partial charge in [0.1, 0.15) is 18.2 Å². The van der Waals surface area contributed by atoms with Gasteiger partial charge in [-0.2, -0.15) is 0 Å². The molecule has 1 rings (SSSR count). The second kappa shape index (κ2) is 4.89. The maximum atomic E-state index is 8.86. The molecule has 4 nitrogen and oxygen atoms in total. The van der Waals surface area contributed by atoms with Crippen molar-refractivity contribution in [3.05, 3.63) is 17.2 Å². The van der Waals surface area contributed by atoms with Crippen molar-refractivity contribution in [3.8, 4) is 11.5 Å². The van der Waals surface area contributed by atoms with Gasteiger partial charge in [-0.05, 0) is 25.0 Å². The van der Waals surface area contributed by atoms with E-state index in [1.54, 1.807) is 14.2 Å². The first-order chi connectivity index (χ1) is 7.15. The van der Waals surface area contributed by atoms with Crippen LogP contribution >= 0.6 is 0 Å². The molecule has 0 radical (unpaired) electrons. The Bertz CT molecular complexity index is 350. The first kappa shape index (κ1) is 11.7. The summed E-state index contributed by atoms with van der Waals surface area (Å²) in [4.78, 5) is 0. The molecule has 0 fully saturated rings. The highest BCUT2D eigenvalue weighted by atomic mass is 16.5. The topological polar surface area (TPSA) is 50.7 Å². The molecule has 0 saturated heterocycles. The monoisotopic (exact) mass is 211 g/mol. The van der Waals surface area contributed by atoms with E-state index in [0.29, 0.717) is 0 Å². The van der Waals surface area contributed by atoms with Crippen molar-refractivity contribution in [2.24, 2.45) is 0 Å². The summed E-state index contributed by atoms with van der Waals surface area (Å²) in [6, 6.07) is 1.82. The maximum Gasteiger partial charge on any atom is 0.145 e. The standard InChI is InChI=1S/C11H17NO3/c1-7-8(2)11(15-4)9(12-6-13)5-10(7)14-3/h5,12-13H,6H2,1-4H3. The smallest absolute Gasteiger partial charge is 0.145 e. The van der Waals surface area contributed by atoms with Gasteiger partial charge in [-0.15, -0.1) is 0 Å². The Morgan fingerprint density at radius 2 is 1.87 bits per heavy atom. The molecule has 0 aliphatic heterocycles. The van der Waals surface area contributed by atoms with Crippen LogP contribution in [0, 0.1) is 13.8 Å². The van der Waals surface area contributed by atoms with Gasteiger partial charge < -0.3 is 19.9 Å². The number of rotatable bonds is 4. The Balaban J connectivity index is 3.30. The summed E-state index contributed by atoms with van der Waals surface area (Å²) in [6.07, 6.45) is 0. The van der Waals surface area contributed by atoms with Crippen LogP contribution in [0.15, 0.2) is 6.07 Å². The molecule has 0 unspecified atom stereocenters. The number of methoxy groups -OCH3 is 2. The summed E-state index contributed by atoms with van der Waals surface area (Å²) >= 11 is 0. The highest BCUT2D eigenvalue weighted by Crippen LogP contribution is 2.36. The third kappa shape index (κ3) is 2.15. The Morgan fingerprint density at radius 1 is 1.20 bits per heavy atom. The van der Waals surface area contributed by atoms with E-state index in [9.17, 15) is 0 Å². The minimum Gasteiger partial charge on any atom is -0.496 e. The SMILES string of the molecule is COc1cc(NCO)c(OC)c(C)c1C. The van der Waals surface area contributed by atoms with Gasteiger partial charge in [0.25, 0.3) is 0 Å². The summed E-state index contributed by atoms with van der Waals surface area (Å²) in [5.41, 5.74) is 2.78. The summed E-state index contributed by atoms with van der Waals surface area (Å²) in [5, 5.41) is 11.7. The van der Waals surface area contributed by atoms with Crippen molar-refractivity contribution in [1.82, 2.24) is 0 Å². The zero-order chi connectivity index (χ0) is 11.4. The zero-order valence-electron chi connectivity index (χ0n) is 9.55. The van der Waals surface area contributed by atoms with Crippen molar-refractivity contribution in [2.45, 2.75) is 13.8 Å². The molecule has 15 heavy (non-hydrogen) atoms. The molecule has 0 saturated carbocycles. The highest BCUT2D eigenvalue weighted by molar-refractivity contribution is 5.66. The van der Waals surface area contributed by atoms with Gasteiger partial charge >= 0.3 is 0 Å². The minimum absolute atomic E-state index is 0.137. The van der Waals surface area contributed by atoms with Crippen LogP contribution in [0.1, 0.15) is 11.1 Å². The molecule has 0 heterocycles. The van der Waals surface area contributed by atoms with E-state index in [0.717, 1.165) is 28.3 Å². The molecule has 1 aromatic rings. The van der Waals surface area contributed by atoms with E-state index >= 15 is 0 Å². The molecule has 4 heteroatoms. The Hall–Kier alpha value is -1.42. The molecule has 0 aromatic heterocycles. The molecule has 0 aliphatic carbocycles. The first-order valence-electron chi connectivity index (χ1n) is 4.72. The second-order valence-electron chi connectivity index (χ2n) is 3.24.